The van der Waals surface area contributed by atoms with E-state index in [2.05, 4.69) is 0 Å². The van der Waals surface area contributed by atoms with Gasteiger partial charge in [-0.25, -0.2) is 0 Å². The monoisotopic (exact) mass is 215 g/mol. The van der Waals surface area contributed by atoms with Crippen LogP contribution >= 0.6 is 0 Å². The largest absolute Gasteiger partial charge is 0.270 e. The van der Waals surface area contributed by atoms with Crippen LogP contribution in [0.2, 0.25) is 0 Å². The fraction of sp³-hybridized carbons (Fsp3) is 0. The Morgan fingerprint density at radius 2 is 1.31 bits per heavy atom. The van der Waals surface area contributed by atoms with E-state index in [0.29, 0.717) is 5.56 Å². The topological polar surface area (TPSA) is 0 Å². The summed E-state index contributed by atoms with van der Waals surface area (Å²) in [7, 11) is 0. The predicted octanol–water partition coefficient (Wildman–Crippen LogP) is 4.59. The molecule has 0 unspecified atom stereocenters. The number of hydrogen-bond acceptors (Lipinski definition) is 0. The smallest absolute Gasteiger partial charge is 0.173 e. The Morgan fingerprint density at radius 3 is 1.88 bits per heavy atom. The van der Waals surface area contributed by atoms with Gasteiger partial charge in [0.25, 0.3) is 6.08 Å². The van der Waals surface area contributed by atoms with Crippen molar-refractivity contribution in [3.63, 3.8) is 0 Å². The summed E-state index contributed by atoms with van der Waals surface area (Å²) in [5.74, 6) is 0. The van der Waals surface area contributed by atoms with E-state index in [1.54, 1.807) is 12.1 Å². The van der Waals surface area contributed by atoms with Gasteiger partial charge in [0.15, 0.2) is 0 Å². The van der Waals surface area contributed by atoms with Crippen molar-refractivity contribution in [1.29, 1.82) is 0 Å². The lowest BCUT2D eigenvalue weighted by atomic mass is 10.0. The molecule has 0 aliphatic heterocycles. The molecule has 0 N–H and O–H groups in total. The van der Waals surface area contributed by atoms with E-state index in [4.69, 9.17) is 0 Å². The molecule has 0 saturated heterocycles. The Hall–Kier alpha value is -1.96. The first kappa shape index (κ1) is 10.6. The van der Waals surface area contributed by atoms with Gasteiger partial charge in [0, 0.05) is 6.08 Å². The van der Waals surface area contributed by atoms with Gasteiger partial charge < -0.3 is 0 Å². The van der Waals surface area contributed by atoms with Crippen molar-refractivity contribution in [3.8, 4) is 11.1 Å². The molecular formula is C14H10F2. The lowest BCUT2D eigenvalue weighted by molar-refractivity contribution is 0.429. The highest BCUT2D eigenvalue weighted by molar-refractivity contribution is 5.65. The van der Waals surface area contributed by atoms with Crippen LogP contribution in [0.4, 0.5) is 8.78 Å². The summed E-state index contributed by atoms with van der Waals surface area (Å²) in [4.78, 5) is 0. The van der Waals surface area contributed by atoms with E-state index in [1.807, 2.05) is 42.5 Å². The number of benzene rings is 2. The third-order valence-corrected chi connectivity index (χ3v) is 2.29. The molecule has 80 valence electrons. The highest BCUT2D eigenvalue weighted by atomic mass is 19.2. The Balaban J connectivity index is 2.30. The molecule has 0 aromatic heterocycles. The lowest BCUT2D eigenvalue weighted by Gasteiger charge is -2.01. The van der Waals surface area contributed by atoms with Gasteiger partial charge in [-0.05, 0) is 16.7 Å². The van der Waals surface area contributed by atoms with Gasteiger partial charge in [-0.3, -0.25) is 0 Å². The van der Waals surface area contributed by atoms with Gasteiger partial charge in [0.2, 0.25) is 0 Å². The number of rotatable bonds is 2. The Bertz CT molecular complexity index is 480. The van der Waals surface area contributed by atoms with Gasteiger partial charge in [0.1, 0.15) is 0 Å². The summed E-state index contributed by atoms with van der Waals surface area (Å²) in [6.45, 7) is 0. The molecule has 2 aromatic carbocycles. The molecule has 0 atom stereocenters. The molecule has 0 aliphatic rings. The van der Waals surface area contributed by atoms with E-state index in [9.17, 15) is 8.78 Å². The van der Waals surface area contributed by atoms with Crippen molar-refractivity contribution in [2.75, 3.05) is 0 Å². The van der Waals surface area contributed by atoms with Crippen LogP contribution in [0, 0.1) is 0 Å². The summed E-state index contributed by atoms with van der Waals surface area (Å²) in [6, 6.07) is 16.9. The van der Waals surface area contributed by atoms with Crippen LogP contribution in [-0.2, 0) is 0 Å². The van der Waals surface area contributed by atoms with Crippen LogP contribution in [0.3, 0.4) is 0 Å². The summed E-state index contributed by atoms with van der Waals surface area (Å²) >= 11 is 0. The van der Waals surface area contributed by atoms with Gasteiger partial charge >= 0.3 is 0 Å². The molecule has 0 bridgehead atoms. The van der Waals surface area contributed by atoms with Gasteiger partial charge in [-0.15, -0.1) is 0 Å². The van der Waals surface area contributed by atoms with Gasteiger partial charge in [-0.2, -0.15) is 8.78 Å². The molecule has 0 saturated carbocycles. The quantitative estimate of drug-likeness (QED) is 0.687. The third-order valence-electron chi connectivity index (χ3n) is 2.29. The van der Waals surface area contributed by atoms with E-state index in [-0.39, 0.29) is 0 Å². The Morgan fingerprint density at radius 1 is 0.750 bits per heavy atom. The first-order valence-corrected chi connectivity index (χ1v) is 4.94. The summed E-state index contributed by atoms with van der Waals surface area (Å²) in [6.07, 6.45) is -0.818. The maximum Gasteiger partial charge on any atom is 0.270 e. The Kier molecular flexibility index (Phi) is 3.10. The minimum Gasteiger partial charge on any atom is -0.173 e. The van der Waals surface area contributed by atoms with Gasteiger partial charge in [0.05, 0.1) is 0 Å². The molecule has 2 rings (SSSR count). The second-order valence-corrected chi connectivity index (χ2v) is 3.42. The van der Waals surface area contributed by atoms with Crippen LogP contribution in [0.25, 0.3) is 17.2 Å². The van der Waals surface area contributed by atoms with E-state index < -0.39 is 6.08 Å². The van der Waals surface area contributed by atoms with E-state index in [0.717, 1.165) is 17.2 Å². The fourth-order valence-corrected chi connectivity index (χ4v) is 1.53. The zero-order chi connectivity index (χ0) is 11.4. The average Bonchev–Trinajstić information content (AvgIpc) is 2.30. The van der Waals surface area contributed by atoms with Crippen LogP contribution in [-0.4, -0.2) is 0 Å². The van der Waals surface area contributed by atoms with Crippen LogP contribution in [0.1, 0.15) is 5.56 Å². The van der Waals surface area contributed by atoms with E-state index in [1.165, 1.54) is 0 Å². The maximum atomic E-state index is 12.0. The van der Waals surface area contributed by atoms with Gasteiger partial charge in [-0.1, -0.05) is 54.6 Å². The van der Waals surface area contributed by atoms with Crippen molar-refractivity contribution in [2.24, 2.45) is 0 Å². The molecular weight excluding hydrogens is 205 g/mol. The highest BCUT2D eigenvalue weighted by Gasteiger charge is 1.97. The molecule has 0 nitrogen and oxygen atoms in total. The van der Waals surface area contributed by atoms with Crippen molar-refractivity contribution in [2.45, 2.75) is 0 Å². The zero-order valence-electron chi connectivity index (χ0n) is 8.53. The van der Waals surface area contributed by atoms with Crippen molar-refractivity contribution < 1.29 is 8.78 Å². The third kappa shape index (κ3) is 2.54. The summed E-state index contributed by atoms with van der Waals surface area (Å²) in [5.41, 5.74) is 2.62. The first-order valence-electron chi connectivity index (χ1n) is 4.94. The number of hydrogen-bond donors (Lipinski definition) is 0. The van der Waals surface area contributed by atoms with Crippen molar-refractivity contribution in [3.05, 3.63) is 66.2 Å². The molecule has 0 spiro atoms. The summed E-state index contributed by atoms with van der Waals surface area (Å²) in [5, 5.41) is 0. The van der Waals surface area contributed by atoms with Crippen molar-refractivity contribution >= 4 is 6.08 Å². The Labute approximate surface area is 92.9 Å². The molecule has 2 heteroatoms. The second-order valence-electron chi connectivity index (χ2n) is 3.42. The molecule has 0 heterocycles. The molecule has 0 radical (unpaired) electrons. The minimum atomic E-state index is -1.67. The van der Waals surface area contributed by atoms with Crippen LogP contribution in [0.15, 0.2) is 60.7 Å². The normalized spacial score (nSPS) is 11.5. The molecule has 0 fully saturated rings. The predicted molar refractivity (Wildman–Crippen MR) is 62.1 cm³/mol. The molecule has 0 amide bonds. The highest BCUT2D eigenvalue weighted by Crippen LogP contribution is 2.20. The minimum absolute atomic E-state index is 0.514. The molecule has 16 heavy (non-hydrogen) atoms. The van der Waals surface area contributed by atoms with Crippen LogP contribution < -0.4 is 0 Å². The average molecular weight is 215 g/mol. The maximum absolute atomic E-state index is 12.0. The summed E-state index contributed by atoms with van der Waals surface area (Å²) < 4.78 is 24.0. The zero-order valence-corrected chi connectivity index (χ0v) is 8.53. The number of halogens is 2. The van der Waals surface area contributed by atoms with Crippen molar-refractivity contribution in [1.82, 2.24) is 0 Å². The van der Waals surface area contributed by atoms with Crippen LogP contribution in [0.5, 0.6) is 0 Å². The lowest BCUT2D eigenvalue weighted by Crippen LogP contribution is -1.77. The first-order chi connectivity index (χ1) is 7.75. The van der Waals surface area contributed by atoms with E-state index >= 15 is 0 Å². The molecule has 2 aromatic rings. The SMILES string of the molecule is F/C([18F])=C\c1ccc(-c2ccccc2)cc1. The standard InChI is InChI=1S/C14H10F2/c15-14(16)10-11-6-8-13(9-7-11)12-4-2-1-3-5-12/h1-10H/i15-1/b14-10-. The molecule has 0 aliphatic carbocycles. The fourth-order valence-electron chi connectivity index (χ4n) is 1.53. The second kappa shape index (κ2) is 4.71.